The van der Waals surface area contributed by atoms with E-state index in [9.17, 15) is 9.90 Å². The first kappa shape index (κ1) is 14.6. The topological polar surface area (TPSA) is 73.7 Å². The molecular formula is C16H17N3O2. The predicted molar refractivity (Wildman–Crippen MR) is 83.5 cm³/mol. The van der Waals surface area contributed by atoms with E-state index in [2.05, 4.69) is 15.8 Å². The van der Waals surface area contributed by atoms with Crippen LogP contribution in [0.2, 0.25) is 0 Å². The summed E-state index contributed by atoms with van der Waals surface area (Å²) in [5.74, 6) is -0.0849. The number of phenols is 1. The van der Waals surface area contributed by atoms with E-state index in [0.29, 0.717) is 5.56 Å². The number of amides is 1. The first-order valence-electron chi connectivity index (χ1n) is 6.55. The van der Waals surface area contributed by atoms with E-state index < -0.39 is 0 Å². The molecule has 0 atom stereocenters. The highest BCUT2D eigenvalue weighted by atomic mass is 16.3. The number of hydrazone groups is 1. The zero-order valence-corrected chi connectivity index (χ0v) is 11.7. The molecule has 0 aliphatic heterocycles. The van der Waals surface area contributed by atoms with Crippen molar-refractivity contribution in [2.24, 2.45) is 5.10 Å². The SMILES string of the molecule is Cc1ccc(NCC(=O)N/N=C\c2cccc(O)c2)cc1. The third-order valence-corrected chi connectivity index (χ3v) is 2.78. The lowest BCUT2D eigenvalue weighted by Gasteiger charge is -2.05. The van der Waals surface area contributed by atoms with Crippen LogP contribution in [0.1, 0.15) is 11.1 Å². The zero-order chi connectivity index (χ0) is 15.1. The largest absolute Gasteiger partial charge is 0.508 e. The summed E-state index contributed by atoms with van der Waals surface area (Å²) in [6, 6.07) is 14.4. The number of anilines is 1. The molecule has 0 fully saturated rings. The van der Waals surface area contributed by atoms with Crippen molar-refractivity contribution in [1.82, 2.24) is 5.43 Å². The zero-order valence-electron chi connectivity index (χ0n) is 11.7. The summed E-state index contributed by atoms with van der Waals surface area (Å²) in [5, 5.41) is 16.1. The van der Waals surface area contributed by atoms with Gasteiger partial charge in [-0.1, -0.05) is 29.8 Å². The van der Waals surface area contributed by atoms with Gasteiger partial charge in [-0.25, -0.2) is 5.43 Å². The molecule has 108 valence electrons. The second-order valence-corrected chi connectivity index (χ2v) is 4.61. The number of hydrogen-bond donors (Lipinski definition) is 3. The second kappa shape index (κ2) is 7.09. The van der Waals surface area contributed by atoms with Gasteiger partial charge in [-0.2, -0.15) is 5.10 Å². The van der Waals surface area contributed by atoms with Gasteiger partial charge in [0, 0.05) is 5.69 Å². The number of nitrogens with zero attached hydrogens (tertiary/aromatic N) is 1. The molecule has 0 spiro atoms. The number of carbonyl (C=O) groups is 1. The van der Waals surface area contributed by atoms with Crippen LogP contribution in [0.3, 0.4) is 0 Å². The van der Waals surface area contributed by atoms with Gasteiger partial charge in [0.05, 0.1) is 12.8 Å². The summed E-state index contributed by atoms with van der Waals surface area (Å²) in [6.07, 6.45) is 1.48. The van der Waals surface area contributed by atoms with Gasteiger partial charge in [-0.3, -0.25) is 4.79 Å². The summed E-state index contributed by atoms with van der Waals surface area (Å²) in [4.78, 5) is 11.6. The van der Waals surface area contributed by atoms with Crippen LogP contribution in [0.5, 0.6) is 5.75 Å². The molecule has 0 unspecified atom stereocenters. The van der Waals surface area contributed by atoms with Crippen molar-refractivity contribution in [2.75, 3.05) is 11.9 Å². The molecule has 0 saturated carbocycles. The molecule has 0 aliphatic carbocycles. The van der Waals surface area contributed by atoms with Gasteiger partial charge in [0.1, 0.15) is 5.75 Å². The van der Waals surface area contributed by atoms with E-state index in [-0.39, 0.29) is 18.2 Å². The first-order chi connectivity index (χ1) is 10.1. The third-order valence-electron chi connectivity index (χ3n) is 2.78. The Balaban J connectivity index is 1.78. The number of hydrogen-bond acceptors (Lipinski definition) is 4. The van der Waals surface area contributed by atoms with Crippen LogP contribution < -0.4 is 10.7 Å². The van der Waals surface area contributed by atoms with Gasteiger partial charge in [0.2, 0.25) is 0 Å². The molecule has 0 bridgehead atoms. The maximum Gasteiger partial charge on any atom is 0.259 e. The molecule has 5 nitrogen and oxygen atoms in total. The Morgan fingerprint density at radius 2 is 2.00 bits per heavy atom. The molecule has 3 N–H and O–H groups in total. The van der Waals surface area contributed by atoms with Gasteiger partial charge in [-0.05, 0) is 36.8 Å². The van der Waals surface area contributed by atoms with Crippen molar-refractivity contribution < 1.29 is 9.90 Å². The van der Waals surface area contributed by atoms with Gasteiger partial charge in [0.15, 0.2) is 0 Å². The summed E-state index contributed by atoms with van der Waals surface area (Å²) >= 11 is 0. The molecule has 1 amide bonds. The minimum atomic E-state index is -0.244. The summed E-state index contributed by atoms with van der Waals surface area (Å²) in [6.45, 7) is 2.15. The van der Waals surface area contributed by atoms with Crippen LogP contribution in [0, 0.1) is 6.92 Å². The fourth-order valence-corrected chi connectivity index (χ4v) is 1.68. The van der Waals surface area contributed by atoms with Crippen LogP contribution in [-0.2, 0) is 4.79 Å². The van der Waals surface area contributed by atoms with E-state index >= 15 is 0 Å². The number of phenolic OH excluding ortho intramolecular Hbond substituents is 1. The Hall–Kier alpha value is -2.82. The fourth-order valence-electron chi connectivity index (χ4n) is 1.68. The van der Waals surface area contributed by atoms with E-state index in [1.165, 1.54) is 11.8 Å². The standard InChI is InChI=1S/C16H17N3O2/c1-12-5-7-14(8-6-12)17-11-16(21)19-18-10-13-3-2-4-15(20)9-13/h2-10,17,20H,11H2,1H3,(H,19,21)/b18-10-. The maximum absolute atomic E-state index is 11.6. The minimum Gasteiger partial charge on any atom is -0.508 e. The maximum atomic E-state index is 11.6. The highest BCUT2D eigenvalue weighted by Crippen LogP contribution is 2.09. The van der Waals surface area contributed by atoms with Crippen LogP contribution >= 0.6 is 0 Å². The number of benzene rings is 2. The quantitative estimate of drug-likeness (QED) is 0.582. The molecule has 21 heavy (non-hydrogen) atoms. The fraction of sp³-hybridized carbons (Fsp3) is 0.125. The molecular weight excluding hydrogens is 266 g/mol. The summed E-state index contributed by atoms with van der Waals surface area (Å²) in [5.41, 5.74) is 5.18. The smallest absolute Gasteiger partial charge is 0.259 e. The number of aromatic hydroxyl groups is 1. The normalized spacial score (nSPS) is 10.5. The average molecular weight is 283 g/mol. The Bertz CT molecular complexity index is 636. The van der Waals surface area contributed by atoms with E-state index in [1.54, 1.807) is 24.3 Å². The number of carbonyl (C=O) groups excluding carboxylic acids is 1. The van der Waals surface area contributed by atoms with E-state index in [4.69, 9.17) is 0 Å². The monoisotopic (exact) mass is 283 g/mol. The molecule has 2 rings (SSSR count). The van der Waals surface area contributed by atoms with Crippen LogP contribution in [0.15, 0.2) is 53.6 Å². The third kappa shape index (κ3) is 4.99. The Morgan fingerprint density at radius 3 is 2.71 bits per heavy atom. The van der Waals surface area contributed by atoms with Crippen LogP contribution in [0.4, 0.5) is 5.69 Å². The van der Waals surface area contributed by atoms with E-state index in [0.717, 1.165) is 5.69 Å². The lowest BCUT2D eigenvalue weighted by atomic mass is 10.2. The lowest BCUT2D eigenvalue weighted by Crippen LogP contribution is -2.25. The molecule has 0 aromatic heterocycles. The first-order valence-corrected chi connectivity index (χ1v) is 6.55. The molecule has 0 saturated heterocycles. The molecule has 2 aromatic rings. The van der Waals surface area contributed by atoms with Crippen molar-refractivity contribution in [2.45, 2.75) is 6.92 Å². The Labute approximate surface area is 123 Å². The number of rotatable bonds is 5. The Morgan fingerprint density at radius 1 is 1.24 bits per heavy atom. The number of aryl methyl sites for hydroxylation is 1. The van der Waals surface area contributed by atoms with Gasteiger partial charge < -0.3 is 10.4 Å². The predicted octanol–water partition coefficient (Wildman–Crippen LogP) is 2.26. The van der Waals surface area contributed by atoms with Gasteiger partial charge in [-0.15, -0.1) is 0 Å². The van der Waals surface area contributed by atoms with Crippen molar-refractivity contribution in [3.63, 3.8) is 0 Å². The highest BCUT2D eigenvalue weighted by Gasteiger charge is 1.99. The van der Waals surface area contributed by atoms with E-state index in [1.807, 2.05) is 31.2 Å². The Kier molecular flexibility index (Phi) is 4.93. The van der Waals surface area contributed by atoms with Crippen molar-refractivity contribution >= 4 is 17.8 Å². The molecule has 0 aliphatic rings. The van der Waals surface area contributed by atoms with Crippen molar-refractivity contribution in [3.8, 4) is 5.75 Å². The summed E-state index contributed by atoms with van der Waals surface area (Å²) < 4.78 is 0. The molecule has 5 heteroatoms. The van der Waals surface area contributed by atoms with Gasteiger partial charge >= 0.3 is 0 Å². The van der Waals surface area contributed by atoms with Crippen LogP contribution in [0.25, 0.3) is 0 Å². The lowest BCUT2D eigenvalue weighted by molar-refractivity contribution is -0.119. The van der Waals surface area contributed by atoms with Gasteiger partial charge in [0.25, 0.3) is 5.91 Å². The van der Waals surface area contributed by atoms with Crippen LogP contribution in [-0.4, -0.2) is 23.8 Å². The van der Waals surface area contributed by atoms with Crippen molar-refractivity contribution in [1.29, 1.82) is 0 Å². The molecule has 0 heterocycles. The molecule has 0 radical (unpaired) electrons. The molecule has 2 aromatic carbocycles. The average Bonchev–Trinajstić information content (AvgIpc) is 2.47. The second-order valence-electron chi connectivity index (χ2n) is 4.61. The minimum absolute atomic E-state index is 0.139. The van der Waals surface area contributed by atoms with Crippen molar-refractivity contribution in [3.05, 3.63) is 59.7 Å². The highest BCUT2D eigenvalue weighted by molar-refractivity contribution is 5.84. The summed E-state index contributed by atoms with van der Waals surface area (Å²) in [7, 11) is 0. The number of nitrogens with one attached hydrogen (secondary N) is 2.